The van der Waals surface area contributed by atoms with Gasteiger partial charge in [-0.25, -0.2) is 0 Å². The van der Waals surface area contributed by atoms with Crippen LogP contribution in [0.1, 0.15) is 11.1 Å². The van der Waals surface area contributed by atoms with Crippen LogP contribution in [0.3, 0.4) is 0 Å². The van der Waals surface area contributed by atoms with Crippen LogP contribution in [0.15, 0.2) is 24.3 Å². The minimum Gasteiger partial charge on any atom is -0.160 e. The van der Waals surface area contributed by atoms with Gasteiger partial charge < -0.3 is 0 Å². The van der Waals surface area contributed by atoms with Crippen molar-refractivity contribution in [2.45, 2.75) is 11.0 Å². The molecular weight excluding hydrogens is 322 g/mol. The van der Waals surface area contributed by atoms with Crippen LogP contribution < -0.4 is 0 Å². The molecule has 0 heterocycles. The summed E-state index contributed by atoms with van der Waals surface area (Å²) in [5.74, 6) is 4.49. The van der Waals surface area contributed by atoms with Crippen molar-refractivity contribution in [2.75, 3.05) is 0 Å². The number of benzene rings is 1. The smallest absolute Gasteiger partial charge is 0.160 e. The third-order valence-electron chi connectivity index (χ3n) is 1.59. The van der Waals surface area contributed by atoms with Gasteiger partial charge in [-0.2, -0.15) is 26.3 Å². The van der Waals surface area contributed by atoms with Gasteiger partial charge in [-0.3, -0.25) is 0 Å². The standard InChI is InChI=1S/C12H4F6S2/c13-11(14,15)19-6-4-9-2-1-3-10(8-9)5-7-20-12(16,17)18/h1-3,8H. The van der Waals surface area contributed by atoms with Crippen LogP contribution in [-0.2, 0) is 0 Å². The van der Waals surface area contributed by atoms with E-state index >= 15 is 0 Å². The first kappa shape index (κ1) is 16.7. The fourth-order valence-electron chi connectivity index (χ4n) is 0.959. The summed E-state index contributed by atoms with van der Waals surface area (Å²) in [6, 6.07) is 5.64. The first-order chi connectivity index (χ1) is 9.16. The Morgan fingerprint density at radius 2 is 1.15 bits per heavy atom. The van der Waals surface area contributed by atoms with Crippen LogP contribution in [0.25, 0.3) is 0 Å². The Morgan fingerprint density at radius 1 is 0.750 bits per heavy atom. The van der Waals surface area contributed by atoms with Crippen molar-refractivity contribution in [3.8, 4) is 22.3 Å². The van der Waals surface area contributed by atoms with Crippen LogP contribution in [0.4, 0.5) is 26.3 Å². The molecule has 0 aliphatic carbocycles. The molecule has 0 radical (unpaired) electrons. The summed E-state index contributed by atoms with van der Waals surface area (Å²) in [7, 11) is 0. The topological polar surface area (TPSA) is 0 Å². The maximum absolute atomic E-state index is 11.8. The highest BCUT2D eigenvalue weighted by Crippen LogP contribution is 2.29. The average Bonchev–Trinajstić information content (AvgIpc) is 2.26. The Hall–Kier alpha value is -1.38. The molecule has 0 aromatic heterocycles. The zero-order valence-electron chi connectivity index (χ0n) is 9.39. The molecule has 0 N–H and O–H groups in total. The zero-order chi connectivity index (χ0) is 15.2. The van der Waals surface area contributed by atoms with Gasteiger partial charge in [-0.15, -0.1) is 0 Å². The Balaban J connectivity index is 2.76. The quantitative estimate of drug-likeness (QED) is 0.496. The van der Waals surface area contributed by atoms with Gasteiger partial charge in [0.25, 0.3) is 0 Å². The third-order valence-corrected chi connectivity index (χ3v) is 2.46. The van der Waals surface area contributed by atoms with Crippen molar-refractivity contribution in [3.63, 3.8) is 0 Å². The van der Waals surface area contributed by atoms with Crippen LogP contribution in [0.5, 0.6) is 0 Å². The molecule has 1 rings (SSSR count). The molecule has 0 amide bonds. The predicted octanol–water partition coefficient (Wildman–Crippen LogP) is 4.81. The summed E-state index contributed by atoms with van der Waals surface area (Å²) in [5, 5.41) is 3.71. The largest absolute Gasteiger partial charge is 0.453 e. The SMILES string of the molecule is FC(F)(F)SC#Cc1cccc(C#CSC(F)(F)F)c1. The van der Waals surface area contributed by atoms with Crippen LogP contribution >= 0.6 is 23.5 Å². The fourth-order valence-corrected chi connectivity index (χ4v) is 1.53. The van der Waals surface area contributed by atoms with Crippen molar-refractivity contribution in [3.05, 3.63) is 35.4 Å². The first-order valence-electron chi connectivity index (χ1n) is 4.77. The normalized spacial score (nSPS) is 11.1. The van der Waals surface area contributed by atoms with Crippen molar-refractivity contribution in [1.82, 2.24) is 0 Å². The van der Waals surface area contributed by atoms with Gasteiger partial charge in [0.15, 0.2) is 0 Å². The lowest BCUT2D eigenvalue weighted by atomic mass is 10.1. The Kier molecular flexibility index (Phi) is 5.73. The van der Waals surface area contributed by atoms with E-state index in [-0.39, 0.29) is 11.1 Å². The van der Waals surface area contributed by atoms with E-state index in [0.717, 1.165) is 0 Å². The van der Waals surface area contributed by atoms with E-state index in [0.29, 0.717) is 0 Å². The highest BCUT2D eigenvalue weighted by Gasteiger charge is 2.27. The van der Waals surface area contributed by atoms with E-state index < -0.39 is 34.5 Å². The van der Waals surface area contributed by atoms with Gasteiger partial charge in [0.1, 0.15) is 0 Å². The highest BCUT2D eigenvalue weighted by molar-refractivity contribution is 8.04. The number of alkyl halides is 6. The lowest BCUT2D eigenvalue weighted by Gasteiger charge is -1.97. The monoisotopic (exact) mass is 326 g/mol. The molecule has 0 fully saturated rings. The van der Waals surface area contributed by atoms with Gasteiger partial charge in [0.05, 0.1) is 0 Å². The second kappa shape index (κ2) is 6.87. The molecule has 8 heteroatoms. The van der Waals surface area contributed by atoms with Crippen LogP contribution in [0.2, 0.25) is 0 Å². The van der Waals surface area contributed by atoms with Gasteiger partial charge in [-0.05, 0) is 28.7 Å². The lowest BCUT2D eigenvalue weighted by Crippen LogP contribution is -1.96. The number of hydrogen-bond acceptors (Lipinski definition) is 2. The maximum atomic E-state index is 11.8. The Morgan fingerprint density at radius 3 is 1.50 bits per heavy atom. The van der Waals surface area contributed by atoms with Crippen molar-refractivity contribution in [2.24, 2.45) is 0 Å². The number of halogens is 6. The van der Waals surface area contributed by atoms with Crippen molar-refractivity contribution < 1.29 is 26.3 Å². The molecular formula is C12H4F6S2. The van der Waals surface area contributed by atoms with E-state index in [1.165, 1.54) is 24.3 Å². The molecule has 0 saturated heterocycles. The van der Waals surface area contributed by atoms with Gasteiger partial charge in [0, 0.05) is 34.7 Å². The summed E-state index contributed by atoms with van der Waals surface area (Å²) >= 11 is -0.989. The molecule has 0 aliphatic heterocycles. The van der Waals surface area contributed by atoms with E-state index in [9.17, 15) is 26.3 Å². The molecule has 0 atom stereocenters. The predicted molar refractivity (Wildman–Crippen MR) is 67.5 cm³/mol. The minimum atomic E-state index is -4.45. The third kappa shape index (κ3) is 7.93. The molecule has 1 aromatic carbocycles. The van der Waals surface area contributed by atoms with E-state index in [2.05, 4.69) is 11.8 Å². The lowest BCUT2D eigenvalue weighted by molar-refractivity contribution is -0.0327. The molecule has 0 unspecified atom stereocenters. The van der Waals surface area contributed by atoms with E-state index in [1.54, 1.807) is 0 Å². The summed E-state index contributed by atoms with van der Waals surface area (Å²) < 4.78 is 71.1. The summed E-state index contributed by atoms with van der Waals surface area (Å²) in [5.41, 5.74) is -8.42. The minimum absolute atomic E-state index is 0.241. The molecule has 106 valence electrons. The Bertz CT molecular complexity index is 531. The van der Waals surface area contributed by atoms with Crippen molar-refractivity contribution >= 4 is 23.5 Å². The van der Waals surface area contributed by atoms with E-state index in [4.69, 9.17) is 0 Å². The second-order valence-corrected chi connectivity index (χ2v) is 4.87. The average molecular weight is 326 g/mol. The fraction of sp³-hybridized carbons (Fsp3) is 0.167. The molecule has 0 saturated carbocycles. The Labute approximate surface area is 119 Å². The second-order valence-electron chi connectivity index (χ2n) is 3.13. The maximum Gasteiger partial charge on any atom is 0.453 e. The summed E-state index contributed by atoms with van der Waals surface area (Å²) in [4.78, 5) is 0. The van der Waals surface area contributed by atoms with Crippen molar-refractivity contribution in [1.29, 1.82) is 0 Å². The first-order valence-corrected chi connectivity index (χ1v) is 6.40. The molecule has 0 spiro atoms. The van der Waals surface area contributed by atoms with Gasteiger partial charge in [0.2, 0.25) is 0 Å². The van der Waals surface area contributed by atoms with Crippen LogP contribution in [-0.4, -0.2) is 11.0 Å². The molecule has 0 nitrogen and oxygen atoms in total. The summed E-state index contributed by atoms with van der Waals surface area (Å²) in [6.45, 7) is 0. The molecule has 1 aromatic rings. The molecule has 0 aliphatic rings. The number of thioether (sulfide) groups is 2. The van der Waals surface area contributed by atoms with E-state index in [1.807, 2.05) is 10.5 Å². The number of rotatable bonds is 0. The van der Waals surface area contributed by atoms with Crippen LogP contribution in [0, 0.1) is 22.3 Å². The van der Waals surface area contributed by atoms with Gasteiger partial charge in [-0.1, -0.05) is 17.9 Å². The summed E-state index contributed by atoms with van der Waals surface area (Å²) in [6.07, 6.45) is 0. The van der Waals surface area contributed by atoms with Gasteiger partial charge >= 0.3 is 11.0 Å². The molecule has 20 heavy (non-hydrogen) atoms. The highest BCUT2D eigenvalue weighted by atomic mass is 32.2. The molecule has 0 bridgehead atoms. The number of hydrogen-bond donors (Lipinski definition) is 0. The zero-order valence-corrected chi connectivity index (χ0v) is 11.0.